The lowest BCUT2D eigenvalue weighted by molar-refractivity contribution is 0.0697. The molecule has 0 fully saturated rings. The summed E-state index contributed by atoms with van der Waals surface area (Å²) >= 11 is 3.31. The van der Waals surface area contributed by atoms with Gasteiger partial charge < -0.3 is 10.4 Å². The van der Waals surface area contributed by atoms with Crippen molar-refractivity contribution >= 4 is 27.6 Å². The van der Waals surface area contributed by atoms with Crippen LogP contribution in [-0.4, -0.2) is 17.6 Å². The van der Waals surface area contributed by atoms with E-state index in [1.165, 1.54) is 19.3 Å². The van der Waals surface area contributed by atoms with Gasteiger partial charge in [0.15, 0.2) is 0 Å². The molecule has 112 valence electrons. The Kier molecular flexibility index (Phi) is 6.53. The Labute approximate surface area is 129 Å². The lowest BCUT2D eigenvalue weighted by Crippen LogP contribution is -2.23. The van der Waals surface area contributed by atoms with E-state index in [0.717, 1.165) is 17.4 Å². The van der Waals surface area contributed by atoms with E-state index in [1.54, 1.807) is 6.07 Å². The summed E-state index contributed by atoms with van der Waals surface area (Å²) in [6, 6.07) is 5.31. The van der Waals surface area contributed by atoms with Gasteiger partial charge in [0.05, 0.1) is 5.56 Å². The third-order valence-electron chi connectivity index (χ3n) is 3.43. The molecule has 0 aliphatic carbocycles. The molecule has 0 radical (unpaired) electrons. The first kappa shape index (κ1) is 17.0. The van der Waals surface area contributed by atoms with E-state index in [0.29, 0.717) is 11.3 Å². The van der Waals surface area contributed by atoms with Crippen molar-refractivity contribution in [1.29, 1.82) is 0 Å². The maximum absolute atomic E-state index is 11.2. The van der Waals surface area contributed by atoms with E-state index < -0.39 is 5.97 Å². The van der Waals surface area contributed by atoms with Gasteiger partial charge in [0.25, 0.3) is 0 Å². The molecule has 20 heavy (non-hydrogen) atoms. The van der Waals surface area contributed by atoms with Crippen LogP contribution in [0.2, 0.25) is 0 Å². The fraction of sp³-hybridized carbons (Fsp3) is 0.562. The number of hydrogen-bond acceptors (Lipinski definition) is 2. The van der Waals surface area contributed by atoms with Gasteiger partial charge in [-0.25, -0.2) is 4.79 Å². The standard InChI is InChI=1S/C16H24BrNO2/c1-4-5-6-9-16(2,3)11-18-14-8-7-12(17)10-13(14)15(19)20/h7-8,10,18H,4-6,9,11H2,1-3H3,(H,19,20). The molecule has 0 saturated heterocycles. The number of aromatic carboxylic acids is 1. The van der Waals surface area contributed by atoms with Gasteiger partial charge >= 0.3 is 5.97 Å². The molecule has 0 bridgehead atoms. The van der Waals surface area contributed by atoms with Crippen LogP contribution in [-0.2, 0) is 0 Å². The normalized spacial score (nSPS) is 11.4. The molecule has 0 atom stereocenters. The zero-order valence-electron chi connectivity index (χ0n) is 12.5. The van der Waals surface area contributed by atoms with E-state index in [2.05, 4.69) is 42.0 Å². The lowest BCUT2D eigenvalue weighted by atomic mass is 9.86. The van der Waals surface area contributed by atoms with E-state index in [1.807, 2.05) is 12.1 Å². The number of carboxylic acid groups (broad SMARTS) is 1. The van der Waals surface area contributed by atoms with Crippen LogP contribution in [0.25, 0.3) is 0 Å². The SMILES string of the molecule is CCCCCC(C)(C)CNc1ccc(Br)cc1C(=O)O. The number of rotatable bonds is 8. The van der Waals surface area contributed by atoms with Crippen LogP contribution in [0.1, 0.15) is 56.8 Å². The first-order valence-electron chi connectivity index (χ1n) is 7.12. The third kappa shape index (κ3) is 5.53. The van der Waals surface area contributed by atoms with Gasteiger partial charge in [-0.15, -0.1) is 0 Å². The summed E-state index contributed by atoms with van der Waals surface area (Å²) in [5, 5.41) is 12.5. The number of halogens is 1. The van der Waals surface area contributed by atoms with Crippen LogP contribution in [0.3, 0.4) is 0 Å². The van der Waals surface area contributed by atoms with Crippen molar-refractivity contribution in [1.82, 2.24) is 0 Å². The fourth-order valence-electron chi connectivity index (χ4n) is 2.12. The number of carbonyl (C=O) groups is 1. The van der Waals surface area contributed by atoms with Crippen molar-refractivity contribution in [2.45, 2.75) is 46.5 Å². The van der Waals surface area contributed by atoms with Gasteiger partial charge in [-0.3, -0.25) is 0 Å². The highest BCUT2D eigenvalue weighted by Crippen LogP contribution is 2.26. The van der Waals surface area contributed by atoms with Crippen molar-refractivity contribution in [2.75, 3.05) is 11.9 Å². The number of nitrogens with one attached hydrogen (secondary N) is 1. The monoisotopic (exact) mass is 341 g/mol. The topological polar surface area (TPSA) is 49.3 Å². The molecule has 0 saturated carbocycles. The Morgan fingerprint density at radius 2 is 2.05 bits per heavy atom. The molecule has 1 aromatic rings. The fourth-order valence-corrected chi connectivity index (χ4v) is 2.49. The zero-order valence-corrected chi connectivity index (χ0v) is 14.1. The van der Waals surface area contributed by atoms with Crippen molar-refractivity contribution in [3.8, 4) is 0 Å². The summed E-state index contributed by atoms with van der Waals surface area (Å²) in [7, 11) is 0. The van der Waals surface area contributed by atoms with E-state index in [4.69, 9.17) is 0 Å². The summed E-state index contributed by atoms with van der Waals surface area (Å²) in [6.07, 6.45) is 4.84. The Hall–Kier alpha value is -1.03. The van der Waals surface area contributed by atoms with Crippen molar-refractivity contribution in [2.24, 2.45) is 5.41 Å². The molecule has 0 aliphatic rings. The number of hydrogen-bond donors (Lipinski definition) is 2. The molecular formula is C16H24BrNO2. The number of unbranched alkanes of at least 4 members (excludes halogenated alkanes) is 2. The minimum Gasteiger partial charge on any atom is -0.478 e. The van der Waals surface area contributed by atoms with Crippen molar-refractivity contribution in [3.63, 3.8) is 0 Å². The smallest absolute Gasteiger partial charge is 0.337 e. The van der Waals surface area contributed by atoms with Crippen molar-refractivity contribution in [3.05, 3.63) is 28.2 Å². The largest absolute Gasteiger partial charge is 0.478 e. The van der Waals surface area contributed by atoms with Crippen LogP contribution < -0.4 is 5.32 Å². The lowest BCUT2D eigenvalue weighted by Gasteiger charge is -2.26. The molecule has 0 aromatic heterocycles. The zero-order chi connectivity index (χ0) is 15.2. The molecule has 0 unspecified atom stereocenters. The van der Waals surface area contributed by atoms with Crippen LogP contribution in [0.4, 0.5) is 5.69 Å². The van der Waals surface area contributed by atoms with Gasteiger partial charge in [-0.1, -0.05) is 56.0 Å². The van der Waals surface area contributed by atoms with Gasteiger partial charge in [0.1, 0.15) is 0 Å². The maximum atomic E-state index is 11.2. The number of benzene rings is 1. The van der Waals surface area contributed by atoms with Gasteiger partial charge in [-0.05, 0) is 30.0 Å². The molecule has 2 N–H and O–H groups in total. The van der Waals surface area contributed by atoms with Crippen molar-refractivity contribution < 1.29 is 9.90 Å². The molecule has 1 rings (SSSR count). The number of carboxylic acids is 1. The summed E-state index contributed by atoms with van der Waals surface area (Å²) in [5.41, 5.74) is 1.16. The first-order valence-corrected chi connectivity index (χ1v) is 7.92. The van der Waals surface area contributed by atoms with Gasteiger partial charge in [0, 0.05) is 16.7 Å². The van der Waals surface area contributed by atoms with Crippen LogP contribution in [0.15, 0.2) is 22.7 Å². The Morgan fingerprint density at radius 1 is 1.35 bits per heavy atom. The molecule has 0 amide bonds. The average molecular weight is 342 g/mol. The Bertz CT molecular complexity index is 458. The predicted molar refractivity (Wildman–Crippen MR) is 87.5 cm³/mol. The highest BCUT2D eigenvalue weighted by molar-refractivity contribution is 9.10. The van der Waals surface area contributed by atoms with Crippen LogP contribution in [0.5, 0.6) is 0 Å². The van der Waals surface area contributed by atoms with Gasteiger partial charge in [-0.2, -0.15) is 0 Å². The summed E-state index contributed by atoms with van der Waals surface area (Å²) in [5.74, 6) is -0.905. The average Bonchev–Trinajstić information content (AvgIpc) is 2.37. The minimum atomic E-state index is -0.905. The molecule has 3 nitrogen and oxygen atoms in total. The summed E-state index contributed by atoms with van der Waals surface area (Å²) in [4.78, 5) is 11.2. The first-order chi connectivity index (χ1) is 9.35. The quantitative estimate of drug-likeness (QED) is 0.641. The molecule has 1 aromatic carbocycles. The molecule has 4 heteroatoms. The Morgan fingerprint density at radius 3 is 2.65 bits per heavy atom. The molecule has 0 heterocycles. The molecular weight excluding hydrogens is 318 g/mol. The summed E-state index contributed by atoms with van der Waals surface area (Å²) in [6.45, 7) is 7.41. The maximum Gasteiger partial charge on any atom is 0.337 e. The van der Waals surface area contributed by atoms with E-state index >= 15 is 0 Å². The third-order valence-corrected chi connectivity index (χ3v) is 3.92. The predicted octanol–water partition coefficient (Wildman–Crippen LogP) is 5.17. The second-order valence-corrected chi connectivity index (χ2v) is 6.89. The molecule has 0 aliphatic heterocycles. The Balaban J connectivity index is 2.67. The van der Waals surface area contributed by atoms with Crippen LogP contribution >= 0.6 is 15.9 Å². The second kappa shape index (κ2) is 7.67. The number of anilines is 1. The second-order valence-electron chi connectivity index (χ2n) is 5.97. The van der Waals surface area contributed by atoms with E-state index in [9.17, 15) is 9.90 Å². The highest BCUT2D eigenvalue weighted by Gasteiger charge is 2.18. The van der Waals surface area contributed by atoms with E-state index in [-0.39, 0.29) is 5.41 Å². The minimum absolute atomic E-state index is 0.165. The van der Waals surface area contributed by atoms with Crippen LogP contribution in [0, 0.1) is 5.41 Å². The highest BCUT2D eigenvalue weighted by atomic mass is 79.9. The summed E-state index contributed by atoms with van der Waals surface area (Å²) < 4.78 is 0.780. The molecule has 0 spiro atoms. The van der Waals surface area contributed by atoms with Gasteiger partial charge in [0.2, 0.25) is 0 Å².